The highest BCUT2D eigenvalue weighted by atomic mass is 16.7. The molecule has 1 fully saturated rings. The molecule has 1 saturated heterocycles. The van der Waals surface area contributed by atoms with Gasteiger partial charge in [-0.1, -0.05) is 66.7 Å². The smallest absolute Gasteiger partial charge is 0.356 e. The highest BCUT2D eigenvalue weighted by Crippen LogP contribution is 2.30. The monoisotopic (exact) mass is 457 g/mol. The fourth-order valence-corrected chi connectivity index (χ4v) is 3.27. The molecule has 0 saturated carbocycles. The van der Waals surface area contributed by atoms with Gasteiger partial charge in [0.25, 0.3) is 11.8 Å². The van der Waals surface area contributed by atoms with Crippen molar-refractivity contribution < 1.29 is 28.7 Å². The van der Waals surface area contributed by atoms with Crippen LogP contribution in [0.5, 0.6) is 11.5 Å². The van der Waals surface area contributed by atoms with Crippen molar-refractivity contribution in [3.63, 3.8) is 0 Å². The van der Waals surface area contributed by atoms with Crippen molar-refractivity contribution in [1.82, 2.24) is 5.06 Å². The highest BCUT2D eigenvalue weighted by Gasteiger charge is 2.32. The second-order valence-corrected chi connectivity index (χ2v) is 7.58. The van der Waals surface area contributed by atoms with E-state index in [4.69, 9.17) is 14.3 Å². The molecule has 0 bridgehead atoms. The lowest BCUT2D eigenvalue weighted by atomic mass is 10.2. The number of benzene rings is 3. The van der Waals surface area contributed by atoms with Gasteiger partial charge in [0.2, 0.25) is 0 Å². The predicted molar refractivity (Wildman–Crippen MR) is 124 cm³/mol. The molecule has 1 aliphatic rings. The van der Waals surface area contributed by atoms with Crippen molar-refractivity contribution in [2.24, 2.45) is 0 Å². The fourth-order valence-electron chi connectivity index (χ4n) is 3.27. The number of rotatable bonds is 9. The van der Waals surface area contributed by atoms with Gasteiger partial charge in [-0.3, -0.25) is 9.59 Å². The van der Waals surface area contributed by atoms with Crippen LogP contribution in [0.3, 0.4) is 0 Å². The molecule has 3 aromatic rings. The van der Waals surface area contributed by atoms with E-state index in [2.05, 4.69) is 0 Å². The lowest BCUT2D eigenvalue weighted by molar-refractivity contribution is -0.193. The Balaban J connectivity index is 1.47. The summed E-state index contributed by atoms with van der Waals surface area (Å²) in [5.41, 5.74) is 2.68. The van der Waals surface area contributed by atoms with Crippen LogP contribution < -0.4 is 9.47 Å². The van der Waals surface area contributed by atoms with Gasteiger partial charge in [-0.15, -0.1) is 5.06 Å². The third kappa shape index (κ3) is 6.10. The van der Waals surface area contributed by atoms with Crippen molar-refractivity contribution in [2.45, 2.75) is 26.1 Å². The molecule has 3 aromatic carbocycles. The van der Waals surface area contributed by atoms with Gasteiger partial charge in [-0.2, -0.15) is 0 Å². The minimum absolute atomic E-state index is 0.0440. The van der Waals surface area contributed by atoms with Crippen LogP contribution in [0.25, 0.3) is 6.08 Å². The molecule has 7 nitrogen and oxygen atoms in total. The molecule has 0 radical (unpaired) electrons. The maximum atomic E-state index is 12.1. The van der Waals surface area contributed by atoms with Crippen molar-refractivity contribution >= 4 is 23.9 Å². The molecule has 0 aromatic heterocycles. The Labute approximate surface area is 197 Å². The number of carbonyl (C=O) groups excluding carboxylic acids is 3. The average molecular weight is 457 g/mol. The van der Waals surface area contributed by atoms with Gasteiger partial charge in [-0.25, -0.2) is 4.79 Å². The second-order valence-electron chi connectivity index (χ2n) is 7.58. The highest BCUT2D eigenvalue weighted by molar-refractivity contribution is 6.02. The minimum Gasteiger partial charge on any atom is -0.485 e. The molecule has 0 N–H and O–H groups in total. The number of ether oxygens (including phenoxy) is 2. The quantitative estimate of drug-likeness (QED) is 0.348. The summed E-state index contributed by atoms with van der Waals surface area (Å²) < 4.78 is 12.0. The van der Waals surface area contributed by atoms with E-state index < -0.39 is 17.8 Å². The van der Waals surface area contributed by atoms with Gasteiger partial charge < -0.3 is 14.3 Å². The van der Waals surface area contributed by atoms with Gasteiger partial charge in [0.1, 0.15) is 13.2 Å². The second kappa shape index (κ2) is 11.0. The number of hydroxylamine groups is 2. The number of carbonyl (C=O) groups is 3. The van der Waals surface area contributed by atoms with Gasteiger partial charge in [0.05, 0.1) is 0 Å². The van der Waals surface area contributed by atoms with Crippen molar-refractivity contribution in [3.05, 3.63) is 102 Å². The summed E-state index contributed by atoms with van der Waals surface area (Å²) in [6.45, 7) is 0.721. The molecule has 1 heterocycles. The summed E-state index contributed by atoms with van der Waals surface area (Å²) in [6.07, 6.45) is 2.76. The maximum absolute atomic E-state index is 12.1. The van der Waals surface area contributed by atoms with Crippen LogP contribution >= 0.6 is 0 Å². The van der Waals surface area contributed by atoms with Crippen molar-refractivity contribution in [1.29, 1.82) is 0 Å². The van der Waals surface area contributed by atoms with E-state index in [9.17, 15) is 14.4 Å². The molecule has 0 unspecified atom stereocenters. The van der Waals surface area contributed by atoms with Gasteiger partial charge in [0, 0.05) is 18.9 Å². The van der Waals surface area contributed by atoms with Crippen LogP contribution in [0.1, 0.15) is 29.5 Å². The number of hydrogen-bond donors (Lipinski definition) is 0. The Bertz CT molecular complexity index is 1170. The first-order valence-corrected chi connectivity index (χ1v) is 10.8. The van der Waals surface area contributed by atoms with E-state index in [1.807, 2.05) is 60.7 Å². The zero-order valence-electron chi connectivity index (χ0n) is 18.4. The first-order valence-electron chi connectivity index (χ1n) is 10.8. The van der Waals surface area contributed by atoms with Crippen LogP contribution in [0, 0.1) is 0 Å². The lowest BCUT2D eigenvalue weighted by Crippen LogP contribution is -2.31. The Kier molecular flexibility index (Phi) is 7.35. The van der Waals surface area contributed by atoms with Crippen LogP contribution in [-0.4, -0.2) is 22.8 Å². The van der Waals surface area contributed by atoms with E-state index in [0.29, 0.717) is 35.3 Å². The maximum Gasteiger partial charge on any atom is 0.356 e. The molecule has 1 aliphatic heterocycles. The summed E-state index contributed by atoms with van der Waals surface area (Å²) in [4.78, 5) is 40.1. The molecular formula is C27H23NO6. The predicted octanol–water partition coefficient (Wildman–Crippen LogP) is 4.47. The molecule has 34 heavy (non-hydrogen) atoms. The van der Waals surface area contributed by atoms with Crippen LogP contribution in [0.4, 0.5) is 0 Å². The molecule has 0 spiro atoms. The van der Waals surface area contributed by atoms with Crippen molar-refractivity contribution in [2.75, 3.05) is 0 Å². The van der Waals surface area contributed by atoms with Crippen molar-refractivity contribution in [3.8, 4) is 11.5 Å². The number of nitrogens with zero attached hydrogens (tertiary/aromatic N) is 1. The topological polar surface area (TPSA) is 82.1 Å². The molecular weight excluding hydrogens is 434 g/mol. The first kappa shape index (κ1) is 22.8. The van der Waals surface area contributed by atoms with Crippen LogP contribution in [-0.2, 0) is 32.4 Å². The largest absolute Gasteiger partial charge is 0.485 e. The number of amides is 2. The average Bonchev–Trinajstić information content (AvgIpc) is 3.18. The third-order valence-electron chi connectivity index (χ3n) is 5.04. The van der Waals surface area contributed by atoms with Crippen LogP contribution in [0.2, 0.25) is 0 Å². The van der Waals surface area contributed by atoms with Gasteiger partial charge in [-0.05, 0) is 34.9 Å². The molecule has 0 atom stereocenters. The third-order valence-corrected chi connectivity index (χ3v) is 5.04. The van der Waals surface area contributed by atoms with E-state index in [1.165, 1.54) is 6.08 Å². The molecule has 4 rings (SSSR count). The molecule has 172 valence electrons. The summed E-state index contributed by atoms with van der Waals surface area (Å²) in [5, 5.41) is 0.515. The fraction of sp³-hybridized carbons (Fsp3) is 0.148. The zero-order valence-corrected chi connectivity index (χ0v) is 18.4. The zero-order chi connectivity index (χ0) is 23.8. The summed E-state index contributed by atoms with van der Waals surface area (Å²) in [6, 6.07) is 24.8. The Morgan fingerprint density at radius 1 is 0.765 bits per heavy atom. The summed E-state index contributed by atoms with van der Waals surface area (Å²) in [5.74, 6) is -0.792. The van der Waals surface area contributed by atoms with Crippen LogP contribution in [0.15, 0.2) is 84.9 Å². The van der Waals surface area contributed by atoms with E-state index in [-0.39, 0.29) is 12.8 Å². The number of imide groups is 1. The first-order chi connectivity index (χ1) is 16.6. The van der Waals surface area contributed by atoms with Gasteiger partial charge in [0.15, 0.2) is 11.5 Å². The Morgan fingerprint density at radius 2 is 1.32 bits per heavy atom. The summed E-state index contributed by atoms with van der Waals surface area (Å²) >= 11 is 0. The number of hydrogen-bond acceptors (Lipinski definition) is 6. The van der Waals surface area contributed by atoms with E-state index >= 15 is 0 Å². The Morgan fingerprint density at radius 3 is 1.91 bits per heavy atom. The SMILES string of the molecule is O=C(/C=C/c1ccc(OCc2ccccc2)c(OCc2ccccc2)c1)ON1C(=O)CCC1=O. The Hall–Kier alpha value is -4.39. The molecule has 7 heteroatoms. The normalized spacial score (nSPS) is 13.4. The molecule has 0 aliphatic carbocycles. The standard InChI is InChI=1S/C27H23NO6/c29-25-14-15-26(30)28(25)34-27(31)16-12-20-11-13-23(32-18-21-7-3-1-4-8-21)24(17-20)33-19-22-9-5-2-6-10-22/h1-13,16-17H,14-15,18-19H2/b16-12+. The van der Waals surface area contributed by atoms with E-state index in [0.717, 1.165) is 17.2 Å². The summed E-state index contributed by atoms with van der Waals surface area (Å²) in [7, 11) is 0. The minimum atomic E-state index is -0.820. The van der Waals surface area contributed by atoms with E-state index in [1.54, 1.807) is 18.2 Å². The molecule has 2 amide bonds. The lowest BCUT2D eigenvalue weighted by Gasteiger charge is -2.14. The van der Waals surface area contributed by atoms with Gasteiger partial charge >= 0.3 is 5.97 Å².